The lowest BCUT2D eigenvalue weighted by atomic mass is 10.1. The first-order valence-corrected chi connectivity index (χ1v) is 11.4. The van der Waals surface area contributed by atoms with Crippen LogP contribution < -0.4 is 20.9 Å². The van der Waals surface area contributed by atoms with Crippen molar-refractivity contribution >= 4 is 28.8 Å². The van der Waals surface area contributed by atoms with Gasteiger partial charge in [0.2, 0.25) is 5.82 Å². The van der Waals surface area contributed by atoms with Crippen molar-refractivity contribution < 1.29 is 32.2 Å². The number of ether oxygens (including phenoxy) is 3. The van der Waals surface area contributed by atoms with Gasteiger partial charge in [0.15, 0.2) is 11.6 Å². The Kier molecular flexibility index (Phi) is 7.19. The lowest BCUT2D eigenvalue weighted by Crippen LogP contribution is -2.24. The van der Waals surface area contributed by atoms with E-state index < -0.39 is 41.1 Å². The molecule has 0 atom stereocenters. The Morgan fingerprint density at radius 2 is 1.75 bits per heavy atom. The van der Waals surface area contributed by atoms with E-state index in [0.717, 1.165) is 0 Å². The van der Waals surface area contributed by atoms with E-state index in [9.17, 15) is 23.2 Å². The number of aliphatic imine (C=N–C) groups is 1. The maximum absolute atomic E-state index is 13.4. The summed E-state index contributed by atoms with van der Waals surface area (Å²) in [6, 6.07) is 11.4. The van der Waals surface area contributed by atoms with Gasteiger partial charge in [-0.3, -0.25) is 0 Å². The van der Waals surface area contributed by atoms with Gasteiger partial charge in [-0.15, -0.1) is 0 Å². The zero-order valence-electron chi connectivity index (χ0n) is 21.2. The molecule has 2 aromatic heterocycles. The summed E-state index contributed by atoms with van der Waals surface area (Å²) in [5, 5.41) is 9.43. The van der Waals surface area contributed by atoms with Crippen molar-refractivity contribution in [1.29, 1.82) is 5.26 Å². The maximum Gasteiger partial charge on any atom is 0.449 e. The van der Waals surface area contributed by atoms with Gasteiger partial charge in [-0.25, -0.2) is 14.8 Å². The van der Waals surface area contributed by atoms with E-state index in [1.807, 2.05) is 6.07 Å². The van der Waals surface area contributed by atoms with Crippen LogP contribution >= 0.6 is 0 Å². The zero-order chi connectivity index (χ0) is 29.2. The molecule has 40 heavy (non-hydrogen) atoms. The van der Waals surface area contributed by atoms with Gasteiger partial charge in [0.1, 0.15) is 28.7 Å². The fourth-order valence-corrected chi connectivity index (χ4v) is 3.28. The van der Waals surface area contributed by atoms with Crippen molar-refractivity contribution in [2.45, 2.75) is 32.5 Å². The van der Waals surface area contributed by atoms with Crippen LogP contribution in [0.4, 0.5) is 18.9 Å². The number of rotatable bonds is 6. The number of halogens is 3. The molecule has 0 fully saturated rings. The van der Waals surface area contributed by atoms with Gasteiger partial charge in [-0.1, -0.05) is 6.07 Å². The van der Waals surface area contributed by atoms with E-state index in [2.05, 4.69) is 24.9 Å². The quantitative estimate of drug-likeness (QED) is 0.171. The highest BCUT2D eigenvalue weighted by atomic mass is 19.4. The third-order valence-electron chi connectivity index (χ3n) is 4.80. The molecule has 0 amide bonds. The minimum Gasteiger partial charge on any atom is -0.456 e. The number of esters is 1. The predicted molar refractivity (Wildman–Crippen MR) is 135 cm³/mol. The number of fused-ring (bicyclic) bond motifs is 1. The number of imidazole rings is 1. The Morgan fingerprint density at radius 3 is 2.40 bits per heavy atom. The molecular weight excluding hydrogens is 533 g/mol. The number of carbonyl (C=O) groups excluding carboxylic acids is 1. The summed E-state index contributed by atoms with van der Waals surface area (Å²) in [6.07, 6.45) is -4.83. The number of guanidine groups is 1. The third-order valence-corrected chi connectivity index (χ3v) is 4.80. The molecule has 15 heteroatoms. The fourth-order valence-electron chi connectivity index (χ4n) is 3.28. The Balaban J connectivity index is 1.77. The first-order valence-electron chi connectivity index (χ1n) is 11.4. The van der Waals surface area contributed by atoms with Crippen LogP contribution in [-0.4, -0.2) is 37.5 Å². The van der Waals surface area contributed by atoms with E-state index in [4.69, 9.17) is 25.7 Å². The van der Waals surface area contributed by atoms with Crippen LogP contribution in [0.2, 0.25) is 0 Å². The minimum atomic E-state index is -4.83. The lowest BCUT2D eigenvalue weighted by Gasteiger charge is -2.20. The zero-order valence-corrected chi connectivity index (χ0v) is 21.2. The van der Waals surface area contributed by atoms with Gasteiger partial charge < -0.3 is 30.7 Å². The summed E-state index contributed by atoms with van der Waals surface area (Å²) < 4.78 is 57.0. The van der Waals surface area contributed by atoms with Crippen LogP contribution in [0, 0.1) is 11.3 Å². The van der Waals surface area contributed by atoms with Crippen LogP contribution in [0.1, 0.15) is 42.5 Å². The maximum atomic E-state index is 13.4. The minimum absolute atomic E-state index is 0.0000108. The molecule has 4 rings (SSSR count). The molecule has 0 aliphatic carbocycles. The van der Waals surface area contributed by atoms with E-state index >= 15 is 0 Å². The van der Waals surface area contributed by atoms with Crippen LogP contribution in [0.3, 0.4) is 0 Å². The van der Waals surface area contributed by atoms with Gasteiger partial charge in [-0.05, 0) is 51.1 Å². The van der Waals surface area contributed by atoms with Gasteiger partial charge >= 0.3 is 18.2 Å². The molecule has 0 bridgehead atoms. The summed E-state index contributed by atoms with van der Waals surface area (Å²) in [5.74, 6) is -2.62. The molecule has 0 radical (unpaired) electrons. The molecule has 0 aliphatic heterocycles. The first-order chi connectivity index (χ1) is 18.7. The number of nitrogens with one attached hydrogen (secondary N) is 1. The fraction of sp³-hybridized carbons (Fsp3) is 0.200. The number of carbonyl (C=O) groups is 1. The van der Waals surface area contributed by atoms with Crippen molar-refractivity contribution in [2.24, 2.45) is 16.5 Å². The number of aromatic amines is 1. The molecule has 0 saturated heterocycles. The van der Waals surface area contributed by atoms with Crippen LogP contribution in [0.15, 0.2) is 47.5 Å². The predicted octanol–water partition coefficient (Wildman–Crippen LogP) is 4.69. The summed E-state index contributed by atoms with van der Waals surface area (Å²) in [6.45, 7) is 4.96. The Labute approximate surface area is 224 Å². The number of aromatic nitrogens is 4. The standard InChI is InChI=1S/C25H21F3N8O4/c1-24(2,3)40-20(37)16-10-15(8-7-12(16)11-29)38-19-17-18(34-21(33-17)25(26,27)28)35-23(36-19)39-14-6-4-5-13(9-14)32-22(30)31/h4-10H,1-3H3,(H4,30,31,32)(H,33,34,35,36). The topological polar surface area (TPSA) is 187 Å². The van der Waals surface area contributed by atoms with Gasteiger partial charge in [0, 0.05) is 6.07 Å². The van der Waals surface area contributed by atoms with Gasteiger partial charge in [0.05, 0.1) is 16.8 Å². The summed E-state index contributed by atoms with van der Waals surface area (Å²) in [4.78, 5) is 30.2. The first kappa shape index (κ1) is 27.6. The van der Waals surface area contributed by atoms with Crippen molar-refractivity contribution in [2.75, 3.05) is 0 Å². The molecular formula is C25H21F3N8O4. The second-order valence-electron chi connectivity index (χ2n) is 9.15. The number of alkyl halides is 3. The molecule has 0 aliphatic rings. The molecule has 12 nitrogen and oxygen atoms in total. The SMILES string of the molecule is CC(C)(C)OC(=O)c1cc(Oc2nc(Oc3cccc(N=C(N)N)c3)nc3nc(C(F)(F)F)[nH]c23)ccc1C#N. The second-order valence-corrected chi connectivity index (χ2v) is 9.15. The monoisotopic (exact) mass is 554 g/mol. The second kappa shape index (κ2) is 10.4. The van der Waals surface area contributed by atoms with Crippen molar-refractivity contribution in [3.63, 3.8) is 0 Å². The Hall–Kier alpha value is -5.39. The number of hydrogen-bond acceptors (Lipinski definition) is 9. The number of benzene rings is 2. The molecule has 2 aromatic carbocycles. The highest BCUT2D eigenvalue weighted by molar-refractivity contribution is 5.93. The summed E-state index contributed by atoms with van der Waals surface area (Å²) >= 11 is 0. The number of hydrogen-bond donors (Lipinski definition) is 3. The molecule has 2 heterocycles. The van der Waals surface area contributed by atoms with E-state index in [1.54, 1.807) is 32.9 Å². The highest BCUT2D eigenvalue weighted by Crippen LogP contribution is 2.35. The van der Waals surface area contributed by atoms with Crippen molar-refractivity contribution in [3.8, 4) is 29.5 Å². The van der Waals surface area contributed by atoms with E-state index in [-0.39, 0.29) is 34.1 Å². The molecule has 0 saturated carbocycles. The van der Waals surface area contributed by atoms with E-state index in [0.29, 0.717) is 5.69 Å². The molecule has 4 aromatic rings. The van der Waals surface area contributed by atoms with Crippen LogP contribution in [-0.2, 0) is 10.9 Å². The number of H-pyrrole nitrogens is 1. The average molecular weight is 554 g/mol. The number of nitrogens with zero attached hydrogens (tertiary/aromatic N) is 5. The van der Waals surface area contributed by atoms with Crippen molar-refractivity contribution in [1.82, 2.24) is 19.9 Å². The smallest absolute Gasteiger partial charge is 0.449 e. The van der Waals surface area contributed by atoms with E-state index in [1.165, 1.54) is 30.3 Å². The normalized spacial score (nSPS) is 11.5. The van der Waals surface area contributed by atoms with Gasteiger partial charge in [-0.2, -0.15) is 28.4 Å². The molecule has 206 valence electrons. The van der Waals surface area contributed by atoms with Crippen LogP contribution in [0.5, 0.6) is 23.4 Å². The summed E-state index contributed by atoms with van der Waals surface area (Å²) in [5.41, 5.74) is 9.45. The number of nitrogens with two attached hydrogens (primary N) is 2. The van der Waals surface area contributed by atoms with Crippen LogP contribution in [0.25, 0.3) is 11.2 Å². The largest absolute Gasteiger partial charge is 0.456 e. The Bertz CT molecular complexity index is 1670. The van der Waals surface area contributed by atoms with Crippen molar-refractivity contribution in [3.05, 3.63) is 59.4 Å². The summed E-state index contributed by atoms with van der Waals surface area (Å²) in [7, 11) is 0. The van der Waals surface area contributed by atoms with Gasteiger partial charge in [0.25, 0.3) is 5.88 Å². The third kappa shape index (κ3) is 6.54. The molecule has 0 spiro atoms. The Morgan fingerprint density at radius 1 is 1.02 bits per heavy atom. The number of nitriles is 1. The average Bonchev–Trinajstić information content (AvgIpc) is 3.28. The highest BCUT2D eigenvalue weighted by Gasteiger charge is 2.36. The molecule has 0 unspecified atom stereocenters. The lowest BCUT2D eigenvalue weighted by molar-refractivity contribution is -0.144. The molecule has 5 N–H and O–H groups in total.